The minimum atomic E-state index is -0.416. The highest BCUT2D eigenvalue weighted by atomic mass is 35.5. The highest BCUT2D eigenvalue weighted by Crippen LogP contribution is 2.10. The van der Waals surface area contributed by atoms with Gasteiger partial charge < -0.3 is 10.6 Å². The fourth-order valence-corrected chi connectivity index (χ4v) is 1.43. The molecule has 1 aromatic rings. The Morgan fingerprint density at radius 3 is 2.65 bits per heavy atom. The van der Waals surface area contributed by atoms with E-state index in [0.717, 1.165) is 0 Å². The molecule has 0 atom stereocenters. The van der Waals surface area contributed by atoms with Crippen LogP contribution in [0.4, 0.5) is 4.79 Å². The van der Waals surface area contributed by atoms with Gasteiger partial charge in [0.15, 0.2) is 5.78 Å². The second kappa shape index (κ2) is 7.14. The zero-order chi connectivity index (χ0) is 12.7. The number of halogens is 2. The zero-order valence-corrected chi connectivity index (χ0v) is 10.5. The summed E-state index contributed by atoms with van der Waals surface area (Å²) >= 11 is 11.2. The molecule has 0 saturated carbocycles. The predicted molar refractivity (Wildman–Crippen MR) is 67.9 cm³/mol. The van der Waals surface area contributed by atoms with Crippen LogP contribution in [0.2, 0.25) is 5.02 Å². The van der Waals surface area contributed by atoms with Gasteiger partial charge in [-0.05, 0) is 12.1 Å². The van der Waals surface area contributed by atoms with Gasteiger partial charge in [-0.1, -0.05) is 23.7 Å². The van der Waals surface area contributed by atoms with E-state index in [0.29, 0.717) is 23.0 Å². The number of carbonyl (C=O) groups is 2. The first kappa shape index (κ1) is 13.8. The number of benzene rings is 1. The van der Waals surface area contributed by atoms with Crippen molar-refractivity contribution in [2.75, 3.05) is 19.0 Å². The molecule has 0 heterocycles. The van der Waals surface area contributed by atoms with E-state index >= 15 is 0 Å². The third-order valence-electron chi connectivity index (χ3n) is 1.94. The molecule has 0 unspecified atom stereocenters. The van der Waals surface area contributed by atoms with E-state index < -0.39 is 6.03 Å². The van der Waals surface area contributed by atoms with E-state index in [1.54, 1.807) is 24.3 Å². The lowest BCUT2D eigenvalue weighted by Crippen LogP contribution is -2.39. The molecule has 6 heteroatoms. The van der Waals surface area contributed by atoms with E-state index in [9.17, 15) is 9.59 Å². The van der Waals surface area contributed by atoms with Crippen molar-refractivity contribution in [2.24, 2.45) is 0 Å². The van der Waals surface area contributed by atoms with Gasteiger partial charge in [-0.3, -0.25) is 4.79 Å². The number of ketones is 1. The Balaban J connectivity index is 2.42. The summed E-state index contributed by atoms with van der Waals surface area (Å²) in [7, 11) is 0. The number of amides is 2. The fourth-order valence-electron chi connectivity index (χ4n) is 1.15. The van der Waals surface area contributed by atoms with Crippen molar-refractivity contribution in [3.63, 3.8) is 0 Å². The SMILES string of the molecule is O=C(NCCCl)NCC(=O)c1cccc(Cl)c1. The lowest BCUT2D eigenvalue weighted by molar-refractivity contribution is 0.0992. The molecule has 0 bridgehead atoms. The Bertz CT molecular complexity index is 410. The average Bonchev–Trinajstić information content (AvgIpc) is 2.33. The van der Waals surface area contributed by atoms with Crippen LogP contribution in [0.5, 0.6) is 0 Å². The number of alkyl halides is 1. The van der Waals surface area contributed by atoms with Crippen LogP contribution in [0, 0.1) is 0 Å². The molecule has 0 radical (unpaired) electrons. The van der Waals surface area contributed by atoms with Crippen molar-refractivity contribution < 1.29 is 9.59 Å². The van der Waals surface area contributed by atoms with Crippen molar-refractivity contribution >= 4 is 35.0 Å². The second-order valence-corrected chi connectivity index (χ2v) is 4.05. The summed E-state index contributed by atoms with van der Waals surface area (Å²) in [6, 6.07) is 6.15. The summed E-state index contributed by atoms with van der Waals surface area (Å²) < 4.78 is 0. The number of Topliss-reactive ketones (excluding diaryl/α,β-unsaturated/α-hetero) is 1. The molecule has 92 valence electrons. The maximum Gasteiger partial charge on any atom is 0.315 e. The molecule has 0 aliphatic heterocycles. The van der Waals surface area contributed by atoms with E-state index in [1.165, 1.54) is 0 Å². The standard InChI is InChI=1S/C11H12Cl2N2O2/c12-4-5-14-11(17)15-7-10(16)8-2-1-3-9(13)6-8/h1-3,6H,4-5,7H2,(H2,14,15,17). The monoisotopic (exact) mass is 274 g/mol. The molecular weight excluding hydrogens is 263 g/mol. The topological polar surface area (TPSA) is 58.2 Å². The number of urea groups is 1. The lowest BCUT2D eigenvalue weighted by Gasteiger charge is -2.05. The quantitative estimate of drug-likeness (QED) is 0.638. The van der Waals surface area contributed by atoms with Gasteiger partial charge in [-0.15, -0.1) is 11.6 Å². The smallest absolute Gasteiger partial charge is 0.315 e. The second-order valence-electron chi connectivity index (χ2n) is 3.23. The van der Waals surface area contributed by atoms with Gasteiger partial charge >= 0.3 is 6.03 Å². The van der Waals surface area contributed by atoms with Gasteiger partial charge in [0, 0.05) is 23.0 Å². The van der Waals surface area contributed by atoms with Crippen molar-refractivity contribution in [3.8, 4) is 0 Å². The highest BCUT2D eigenvalue weighted by Gasteiger charge is 2.07. The first-order valence-electron chi connectivity index (χ1n) is 5.00. The highest BCUT2D eigenvalue weighted by molar-refractivity contribution is 6.31. The summed E-state index contributed by atoms with van der Waals surface area (Å²) in [4.78, 5) is 22.8. The van der Waals surface area contributed by atoms with Crippen LogP contribution in [-0.4, -0.2) is 30.8 Å². The third-order valence-corrected chi connectivity index (χ3v) is 2.36. The summed E-state index contributed by atoms with van der Waals surface area (Å²) in [6.07, 6.45) is 0. The maximum atomic E-state index is 11.6. The summed E-state index contributed by atoms with van der Waals surface area (Å²) in [5, 5.41) is 5.41. The molecule has 4 nitrogen and oxygen atoms in total. The van der Waals surface area contributed by atoms with Gasteiger partial charge in [0.25, 0.3) is 0 Å². The third kappa shape index (κ3) is 5.06. The molecule has 1 aromatic carbocycles. The Morgan fingerprint density at radius 2 is 2.00 bits per heavy atom. The predicted octanol–water partition coefficient (Wildman–Crippen LogP) is 2.06. The molecule has 0 aliphatic carbocycles. The van der Waals surface area contributed by atoms with Crippen LogP contribution < -0.4 is 10.6 Å². The van der Waals surface area contributed by atoms with Crippen molar-refractivity contribution in [2.45, 2.75) is 0 Å². The Kier molecular flexibility index (Phi) is 5.80. The van der Waals surface area contributed by atoms with E-state index in [2.05, 4.69) is 10.6 Å². The normalized spacial score (nSPS) is 9.76. The van der Waals surface area contributed by atoms with Crippen molar-refractivity contribution in [3.05, 3.63) is 34.9 Å². The van der Waals surface area contributed by atoms with Gasteiger partial charge in [0.2, 0.25) is 0 Å². The van der Waals surface area contributed by atoms with Crippen LogP contribution in [0.15, 0.2) is 24.3 Å². The Labute approximate surface area is 109 Å². The lowest BCUT2D eigenvalue weighted by atomic mass is 10.1. The summed E-state index contributed by atoms with van der Waals surface area (Å²) in [5.41, 5.74) is 0.468. The number of nitrogens with one attached hydrogen (secondary N) is 2. The molecule has 0 aliphatic rings. The molecule has 0 saturated heterocycles. The van der Waals surface area contributed by atoms with Crippen LogP contribution >= 0.6 is 23.2 Å². The number of carbonyl (C=O) groups excluding carboxylic acids is 2. The van der Waals surface area contributed by atoms with E-state index in [1.807, 2.05) is 0 Å². The van der Waals surface area contributed by atoms with E-state index in [-0.39, 0.29) is 12.3 Å². The van der Waals surface area contributed by atoms with Gasteiger partial charge in [-0.2, -0.15) is 0 Å². The van der Waals surface area contributed by atoms with Crippen LogP contribution in [0.3, 0.4) is 0 Å². The largest absolute Gasteiger partial charge is 0.337 e. The minimum Gasteiger partial charge on any atom is -0.337 e. The molecule has 0 fully saturated rings. The minimum absolute atomic E-state index is 0.0749. The number of rotatable bonds is 5. The Morgan fingerprint density at radius 1 is 1.24 bits per heavy atom. The summed E-state index contributed by atoms with van der Waals surface area (Å²) in [5.74, 6) is 0.129. The van der Waals surface area contributed by atoms with E-state index in [4.69, 9.17) is 23.2 Å². The molecule has 17 heavy (non-hydrogen) atoms. The van der Waals surface area contributed by atoms with Gasteiger partial charge in [-0.25, -0.2) is 4.79 Å². The van der Waals surface area contributed by atoms with Crippen LogP contribution in [-0.2, 0) is 0 Å². The zero-order valence-electron chi connectivity index (χ0n) is 9.00. The van der Waals surface area contributed by atoms with Crippen LogP contribution in [0.25, 0.3) is 0 Å². The summed E-state index contributed by atoms with van der Waals surface area (Å²) in [6.45, 7) is 0.285. The van der Waals surface area contributed by atoms with Crippen LogP contribution in [0.1, 0.15) is 10.4 Å². The molecule has 0 aromatic heterocycles. The van der Waals surface area contributed by atoms with Crippen molar-refractivity contribution in [1.29, 1.82) is 0 Å². The molecular formula is C11H12Cl2N2O2. The number of hydrogen-bond acceptors (Lipinski definition) is 2. The van der Waals surface area contributed by atoms with Crippen molar-refractivity contribution in [1.82, 2.24) is 10.6 Å². The molecule has 0 spiro atoms. The average molecular weight is 275 g/mol. The van der Waals surface area contributed by atoms with Gasteiger partial charge in [0.1, 0.15) is 0 Å². The Hall–Kier alpha value is -1.26. The number of hydrogen-bond donors (Lipinski definition) is 2. The van der Waals surface area contributed by atoms with Gasteiger partial charge in [0.05, 0.1) is 6.54 Å². The molecule has 2 N–H and O–H groups in total. The maximum absolute atomic E-state index is 11.6. The molecule has 1 rings (SSSR count). The first-order valence-corrected chi connectivity index (χ1v) is 5.91. The first-order chi connectivity index (χ1) is 8.13. The fraction of sp³-hybridized carbons (Fsp3) is 0.273. The molecule has 2 amide bonds.